The lowest BCUT2D eigenvalue weighted by Crippen LogP contribution is -2.47. The van der Waals surface area contributed by atoms with Crippen LogP contribution in [-0.4, -0.2) is 52.7 Å². The van der Waals surface area contributed by atoms with E-state index in [1.807, 2.05) is 0 Å². The normalized spacial score (nSPS) is 20.0. The number of aromatic nitrogens is 1. The van der Waals surface area contributed by atoms with Gasteiger partial charge in [-0.15, -0.1) is 0 Å². The number of rotatable bonds is 4. The van der Waals surface area contributed by atoms with Crippen molar-refractivity contribution in [2.45, 2.75) is 38.5 Å². The van der Waals surface area contributed by atoms with E-state index in [1.54, 1.807) is 4.90 Å². The Morgan fingerprint density at radius 2 is 1.97 bits per heavy atom. The summed E-state index contributed by atoms with van der Waals surface area (Å²) in [7, 11) is 1.54. The molecule has 2 atom stereocenters. The predicted molar refractivity (Wildman–Crippen MR) is 110 cm³/mol. The van der Waals surface area contributed by atoms with Crippen molar-refractivity contribution in [3.63, 3.8) is 0 Å². The summed E-state index contributed by atoms with van der Waals surface area (Å²) in [5, 5.41) is 12.9. The van der Waals surface area contributed by atoms with Gasteiger partial charge in [0, 0.05) is 38.5 Å². The molecule has 0 aliphatic carbocycles. The van der Waals surface area contributed by atoms with Crippen LogP contribution in [-0.2, 0) is 11.3 Å². The van der Waals surface area contributed by atoms with E-state index in [0.29, 0.717) is 31.5 Å². The van der Waals surface area contributed by atoms with Crippen LogP contribution in [0.5, 0.6) is 5.75 Å². The van der Waals surface area contributed by atoms with Crippen molar-refractivity contribution in [1.82, 2.24) is 14.8 Å². The third-order valence-corrected chi connectivity index (χ3v) is 6.07. The Bertz CT molecular complexity index is 1140. The highest BCUT2D eigenvalue weighted by Crippen LogP contribution is 2.33. The maximum Gasteiger partial charge on any atom is 0.274 e. The van der Waals surface area contributed by atoms with Gasteiger partial charge in [0.1, 0.15) is 17.2 Å². The number of benzene rings is 1. The molecule has 0 saturated carbocycles. The lowest BCUT2D eigenvalue weighted by molar-refractivity contribution is 0.0352. The topological polar surface area (TPSA) is 101 Å². The number of hydrogen-bond acceptors (Lipinski definition) is 5. The number of carbonyl (C=O) groups is 2. The van der Waals surface area contributed by atoms with Gasteiger partial charge in [0.2, 0.25) is 5.43 Å². The lowest BCUT2D eigenvalue weighted by atomic mass is 10.0. The summed E-state index contributed by atoms with van der Waals surface area (Å²) < 4.78 is 35.1. The molecular formula is C22H23F2N3O5. The summed E-state index contributed by atoms with van der Waals surface area (Å²) in [6.07, 6.45) is 2.28. The number of pyridine rings is 1. The molecule has 2 aliphatic heterocycles. The zero-order chi connectivity index (χ0) is 23.2. The van der Waals surface area contributed by atoms with Gasteiger partial charge in [-0.2, -0.15) is 0 Å². The molecule has 0 radical (unpaired) electrons. The highest BCUT2D eigenvalue weighted by molar-refractivity contribution is 5.99. The molecule has 1 saturated heterocycles. The van der Waals surface area contributed by atoms with Gasteiger partial charge >= 0.3 is 0 Å². The van der Waals surface area contributed by atoms with E-state index in [-0.39, 0.29) is 17.4 Å². The molecule has 1 aromatic heterocycles. The third-order valence-electron chi connectivity index (χ3n) is 6.07. The van der Waals surface area contributed by atoms with Crippen molar-refractivity contribution >= 4 is 11.8 Å². The van der Waals surface area contributed by atoms with E-state index in [2.05, 4.69) is 5.32 Å². The van der Waals surface area contributed by atoms with E-state index >= 15 is 0 Å². The van der Waals surface area contributed by atoms with Crippen LogP contribution in [0.1, 0.15) is 50.9 Å². The molecule has 2 amide bonds. The maximum atomic E-state index is 14.1. The highest BCUT2D eigenvalue weighted by Gasteiger charge is 2.40. The number of aromatic hydroxyl groups is 1. The van der Waals surface area contributed by atoms with Crippen LogP contribution in [0.15, 0.2) is 23.1 Å². The van der Waals surface area contributed by atoms with Crippen molar-refractivity contribution < 1.29 is 28.2 Å². The van der Waals surface area contributed by atoms with E-state index in [0.717, 1.165) is 12.1 Å². The van der Waals surface area contributed by atoms with E-state index < -0.39 is 52.8 Å². The second-order valence-corrected chi connectivity index (χ2v) is 8.10. The van der Waals surface area contributed by atoms with Crippen molar-refractivity contribution in [2.24, 2.45) is 0 Å². The minimum absolute atomic E-state index is 0.192. The molecular weight excluding hydrogens is 424 g/mol. The number of nitrogens with zero attached hydrogens (tertiary/aromatic N) is 2. The van der Waals surface area contributed by atoms with Crippen LogP contribution in [0.2, 0.25) is 0 Å². The lowest BCUT2D eigenvalue weighted by Gasteiger charge is -2.36. The molecule has 10 heteroatoms. The molecule has 1 fully saturated rings. The number of aryl methyl sites for hydroxylation is 1. The summed E-state index contributed by atoms with van der Waals surface area (Å²) in [5.41, 5.74) is -1.61. The summed E-state index contributed by atoms with van der Waals surface area (Å²) >= 11 is 0. The molecule has 2 bridgehead atoms. The van der Waals surface area contributed by atoms with E-state index in [9.17, 15) is 28.3 Å². The molecule has 2 aliphatic rings. The first-order valence-corrected chi connectivity index (χ1v) is 10.3. The van der Waals surface area contributed by atoms with Crippen LogP contribution < -0.4 is 10.7 Å². The van der Waals surface area contributed by atoms with Gasteiger partial charge < -0.3 is 24.6 Å². The first-order valence-electron chi connectivity index (χ1n) is 10.3. The number of methoxy groups -OCH3 is 1. The summed E-state index contributed by atoms with van der Waals surface area (Å²) in [5.74, 6) is -3.89. The van der Waals surface area contributed by atoms with Gasteiger partial charge in [-0.3, -0.25) is 14.4 Å². The fourth-order valence-electron chi connectivity index (χ4n) is 4.40. The number of carbonyl (C=O) groups excluding carboxylic acids is 2. The molecule has 32 heavy (non-hydrogen) atoms. The molecule has 2 N–H and O–H groups in total. The van der Waals surface area contributed by atoms with Crippen LogP contribution in [0.4, 0.5) is 8.78 Å². The maximum absolute atomic E-state index is 14.1. The Labute approximate surface area is 182 Å². The molecule has 4 rings (SSSR count). The largest absolute Gasteiger partial charge is 0.503 e. The smallest absolute Gasteiger partial charge is 0.274 e. The second-order valence-electron chi connectivity index (χ2n) is 8.10. The first-order chi connectivity index (χ1) is 15.2. The monoisotopic (exact) mass is 447 g/mol. The third kappa shape index (κ3) is 3.64. The quantitative estimate of drug-likeness (QED) is 0.746. The van der Waals surface area contributed by atoms with Crippen LogP contribution in [0, 0.1) is 18.6 Å². The summed E-state index contributed by atoms with van der Waals surface area (Å²) in [6, 6.07) is 1.87. The standard InChI is InChI=1S/C22H23F2N3O5/c1-11-6-14(23)12(15(24)7-11)8-25-21(30)13-9-27-16-10-26(5-3-4-17(16)32-2)22(31)18(27)20(29)19(13)28/h6-7,9,16-17,29H,3-5,8,10H2,1-2H3,(H,25,30)/t16-,17+/m0/s1. The van der Waals surface area contributed by atoms with Crippen molar-refractivity contribution in [1.29, 1.82) is 0 Å². The first kappa shape index (κ1) is 21.9. The Hall–Kier alpha value is -3.27. The minimum Gasteiger partial charge on any atom is -0.503 e. The molecule has 170 valence electrons. The zero-order valence-corrected chi connectivity index (χ0v) is 17.7. The molecule has 3 heterocycles. The number of ether oxygens (including phenoxy) is 1. The molecule has 0 unspecified atom stereocenters. The number of hydrogen-bond donors (Lipinski definition) is 2. The Kier molecular flexibility index (Phi) is 5.72. The van der Waals surface area contributed by atoms with Crippen molar-refractivity contribution in [3.8, 4) is 5.75 Å². The fourth-order valence-corrected chi connectivity index (χ4v) is 4.40. The number of halogens is 2. The van der Waals surface area contributed by atoms with Gasteiger partial charge in [-0.1, -0.05) is 0 Å². The second kappa shape index (κ2) is 8.34. The summed E-state index contributed by atoms with van der Waals surface area (Å²) in [6.45, 7) is 1.83. The van der Waals surface area contributed by atoms with Crippen molar-refractivity contribution in [2.75, 3.05) is 20.2 Å². The molecule has 2 aromatic rings. The SMILES string of the molecule is CO[C@@H]1CCCN2C[C@@H]1n1cc(C(=O)NCc3c(F)cc(C)cc3F)c(=O)c(O)c1C2=O. The van der Waals surface area contributed by atoms with Gasteiger partial charge in [0.25, 0.3) is 11.8 Å². The molecule has 1 aromatic carbocycles. The summed E-state index contributed by atoms with van der Waals surface area (Å²) in [4.78, 5) is 39.8. The predicted octanol–water partition coefficient (Wildman–Crippen LogP) is 1.88. The Morgan fingerprint density at radius 3 is 2.62 bits per heavy atom. The van der Waals surface area contributed by atoms with Crippen LogP contribution in [0.3, 0.4) is 0 Å². The Balaban J connectivity index is 1.70. The van der Waals surface area contributed by atoms with Gasteiger partial charge in [-0.25, -0.2) is 8.78 Å². The number of nitrogens with one attached hydrogen (secondary N) is 1. The van der Waals surface area contributed by atoms with E-state index in [4.69, 9.17) is 4.74 Å². The molecule has 0 spiro atoms. The van der Waals surface area contributed by atoms with Crippen LogP contribution in [0.25, 0.3) is 0 Å². The zero-order valence-electron chi connectivity index (χ0n) is 17.7. The van der Waals surface area contributed by atoms with Crippen molar-refractivity contribution in [3.05, 3.63) is 62.6 Å². The Morgan fingerprint density at radius 1 is 1.28 bits per heavy atom. The minimum atomic E-state index is -1.03. The fraction of sp³-hybridized carbons (Fsp3) is 0.409. The average molecular weight is 447 g/mol. The van der Waals surface area contributed by atoms with E-state index in [1.165, 1.54) is 24.8 Å². The molecule has 8 nitrogen and oxygen atoms in total. The van der Waals surface area contributed by atoms with Crippen LogP contribution >= 0.6 is 0 Å². The average Bonchev–Trinajstić information content (AvgIpc) is 2.93. The number of fused-ring (bicyclic) bond motifs is 4. The number of amides is 2. The van der Waals surface area contributed by atoms with Gasteiger partial charge in [0.15, 0.2) is 11.4 Å². The van der Waals surface area contributed by atoms with Gasteiger partial charge in [0.05, 0.1) is 12.1 Å². The van der Waals surface area contributed by atoms with Gasteiger partial charge in [-0.05, 0) is 37.5 Å². The highest BCUT2D eigenvalue weighted by atomic mass is 19.1.